The van der Waals surface area contributed by atoms with Gasteiger partial charge in [0.25, 0.3) is 0 Å². The van der Waals surface area contributed by atoms with Gasteiger partial charge in [0.1, 0.15) is 5.69 Å². The molecule has 0 saturated carbocycles. The zero-order valence-electron chi connectivity index (χ0n) is 8.12. The molecule has 1 aliphatic heterocycles. The van der Waals surface area contributed by atoms with Gasteiger partial charge in [-0.05, 0) is 34.7 Å². The van der Waals surface area contributed by atoms with Crippen molar-refractivity contribution in [3.8, 4) is 0 Å². The summed E-state index contributed by atoms with van der Waals surface area (Å²) in [6, 6.07) is 10.2. The van der Waals surface area contributed by atoms with Gasteiger partial charge in [-0.25, -0.2) is 0 Å². The van der Waals surface area contributed by atoms with Crippen molar-refractivity contribution < 1.29 is 4.42 Å². The summed E-state index contributed by atoms with van der Waals surface area (Å²) in [7, 11) is 2.01. The molecule has 0 spiro atoms. The summed E-state index contributed by atoms with van der Waals surface area (Å²) >= 11 is 2.18. The molecule has 1 aromatic heterocycles. The molecule has 1 aromatic carbocycles. The molecule has 0 atom stereocenters. The number of rotatable bonds is 0. The average Bonchev–Trinajstić information content (AvgIpc) is 2.59. The van der Waals surface area contributed by atoms with Gasteiger partial charge < -0.3 is 14.6 Å². The average molecular weight is 312 g/mol. The first-order valence-electron chi connectivity index (χ1n) is 4.65. The van der Waals surface area contributed by atoms with E-state index in [9.17, 15) is 0 Å². The van der Waals surface area contributed by atoms with Crippen molar-refractivity contribution in [2.24, 2.45) is 0 Å². The van der Waals surface area contributed by atoms with E-state index in [0.29, 0.717) is 0 Å². The van der Waals surface area contributed by atoms with Crippen molar-refractivity contribution >= 4 is 45.5 Å². The van der Waals surface area contributed by atoms with Crippen molar-refractivity contribution in [2.75, 3.05) is 17.3 Å². The zero-order chi connectivity index (χ0) is 10.4. The lowest BCUT2D eigenvalue weighted by Crippen LogP contribution is -2.15. The van der Waals surface area contributed by atoms with Crippen molar-refractivity contribution in [3.63, 3.8) is 0 Å². The van der Waals surface area contributed by atoms with Crippen LogP contribution in [0.5, 0.6) is 0 Å². The van der Waals surface area contributed by atoms with Gasteiger partial charge in [0.15, 0.2) is 3.77 Å². The highest BCUT2D eigenvalue weighted by Gasteiger charge is 2.22. The lowest BCUT2D eigenvalue weighted by Gasteiger charge is -2.26. The largest absolute Gasteiger partial charge is 0.432 e. The summed E-state index contributed by atoms with van der Waals surface area (Å²) in [5.41, 5.74) is 3.28. The topological polar surface area (TPSA) is 28.4 Å². The van der Waals surface area contributed by atoms with Crippen LogP contribution >= 0.6 is 22.6 Å². The van der Waals surface area contributed by atoms with Crippen LogP contribution in [-0.4, -0.2) is 7.05 Å². The van der Waals surface area contributed by atoms with E-state index < -0.39 is 0 Å². The highest BCUT2D eigenvalue weighted by molar-refractivity contribution is 14.1. The van der Waals surface area contributed by atoms with E-state index in [-0.39, 0.29) is 0 Å². The third-order valence-electron chi connectivity index (χ3n) is 2.52. The fourth-order valence-corrected chi connectivity index (χ4v) is 2.34. The summed E-state index contributed by atoms with van der Waals surface area (Å²) in [6.07, 6.45) is 0. The van der Waals surface area contributed by atoms with Crippen LogP contribution in [0.15, 0.2) is 34.7 Å². The first-order chi connectivity index (χ1) is 7.25. The van der Waals surface area contributed by atoms with Gasteiger partial charge in [-0.15, -0.1) is 0 Å². The number of furan rings is 1. The van der Waals surface area contributed by atoms with E-state index in [2.05, 4.69) is 44.9 Å². The molecule has 3 rings (SSSR count). The summed E-state index contributed by atoms with van der Waals surface area (Å²) in [6.45, 7) is 0. The van der Waals surface area contributed by atoms with Crippen molar-refractivity contribution in [1.82, 2.24) is 0 Å². The van der Waals surface area contributed by atoms with Crippen LogP contribution in [0.4, 0.5) is 22.9 Å². The molecule has 0 bridgehead atoms. The molecule has 4 heteroatoms. The highest BCUT2D eigenvalue weighted by Crippen LogP contribution is 2.44. The lowest BCUT2D eigenvalue weighted by molar-refractivity contribution is 0.542. The highest BCUT2D eigenvalue weighted by atomic mass is 127. The van der Waals surface area contributed by atoms with Gasteiger partial charge in [-0.3, -0.25) is 0 Å². The Morgan fingerprint density at radius 2 is 2.07 bits per heavy atom. The first kappa shape index (κ1) is 9.08. The summed E-state index contributed by atoms with van der Waals surface area (Å²) in [5.74, 6) is 0.873. The second-order valence-corrected chi connectivity index (χ2v) is 4.53. The van der Waals surface area contributed by atoms with E-state index >= 15 is 0 Å². The fourth-order valence-electron chi connectivity index (χ4n) is 1.82. The second-order valence-electron chi connectivity index (χ2n) is 3.47. The first-order valence-corrected chi connectivity index (χ1v) is 5.73. The van der Waals surface area contributed by atoms with Crippen LogP contribution < -0.4 is 10.2 Å². The number of nitrogens with one attached hydrogen (secondary N) is 1. The fraction of sp³-hybridized carbons (Fsp3) is 0.0909. The van der Waals surface area contributed by atoms with Crippen LogP contribution in [0.3, 0.4) is 0 Å². The Hall–Kier alpha value is -1.17. The maximum absolute atomic E-state index is 5.63. The Kier molecular flexibility index (Phi) is 1.92. The number of benzene rings is 1. The van der Waals surface area contributed by atoms with E-state index in [1.807, 2.05) is 25.2 Å². The number of hydrogen-bond donors (Lipinski definition) is 1. The molecule has 76 valence electrons. The third kappa shape index (κ3) is 1.31. The van der Waals surface area contributed by atoms with E-state index in [4.69, 9.17) is 4.42 Å². The maximum Gasteiger partial charge on any atom is 0.224 e. The quantitative estimate of drug-likeness (QED) is 0.752. The number of fused-ring (bicyclic) bond motifs is 2. The van der Waals surface area contributed by atoms with Crippen LogP contribution in [0, 0.1) is 3.77 Å². The van der Waals surface area contributed by atoms with Crippen molar-refractivity contribution in [1.29, 1.82) is 0 Å². The minimum Gasteiger partial charge on any atom is -0.432 e. The molecule has 0 radical (unpaired) electrons. The minimum absolute atomic E-state index is 0.873. The number of para-hydroxylation sites is 2. The molecular formula is C11H9IN2O. The molecule has 15 heavy (non-hydrogen) atoms. The molecule has 0 unspecified atom stereocenters. The number of nitrogens with zero attached hydrogens (tertiary/aromatic N) is 1. The normalized spacial score (nSPS) is 13.1. The van der Waals surface area contributed by atoms with Gasteiger partial charge >= 0.3 is 0 Å². The van der Waals surface area contributed by atoms with Gasteiger partial charge in [-0.2, -0.15) is 0 Å². The van der Waals surface area contributed by atoms with E-state index in [0.717, 1.165) is 26.7 Å². The van der Waals surface area contributed by atoms with E-state index in [1.165, 1.54) is 0 Å². The summed E-state index contributed by atoms with van der Waals surface area (Å²) < 4.78 is 6.52. The Morgan fingerprint density at radius 3 is 2.93 bits per heavy atom. The number of hydrogen-bond acceptors (Lipinski definition) is 3. The Bertz CT molecular complexity index is 521. The Balaban J connectivity index is 2.19. The maximum atomic E-state index is 5.63. The molecule has 3 nitrogen and oxygen atoms in total. The zero-order valence-corrected chi connectivity index (χ0v) is 10.3. The molecule has 0 fully saturated rings. The number of halogens is 1. The van der Waals surface area contributed by atoms with Gasteiger partial charge in [-0.1, -0.05) is 12.1 Å². The molecular weight excluding hydrogens is 303 g/mol. The van der Waals surface area contributed by atoms with Gasteiger partial charge in [0.05, 0.1) is 11.4 Å². The molecule has 2 heterocycles. The molecule has 0 aliphatic carbocycles. The molecule has 0 saturated heterocycles. The van der Waals surface area contributed by atoms with Crippen molar-refractivity contribution in [3.05, 3.63) is 34.1 Å². The Morgan fingerprint density at radius 1 is 1.27 bits per heavy atom. The van der Waals surface area contributed by atoms with Crippen LogP contribution in [0.2, 0.25) is 0 Å². The predicted octanol–water partition coefficient (Wildman–Crippen LogP) is 3.71. The smallest absolute Gasteiger partial charge is 0.224 e. The number of anilines is 4. The second kappa shape index (κ2) is 3.16. The van der Waals surface area contributed by atoms with Crippen LogP contribution in [0.1, 0.15) is 0 Å². The Labute approximate surface area is 101 Å². The molecule has 1 N–H and O–H groups in total. The molecule has 1 aliphatic rings. The molecule has 2 aromatic rings. The summed E-state index contributed by atoms with van der Waals surface area (Å²) in [5, 5.41) is 3.35. The van der Waals surface area contributed by atoms with Crippen LogP contribution in [0.25, 0.3) is 0 Å². The van der Waals surface area contributed by atoms with Crippen molar-refractivity contribution in [2.45, 2.75) is 0 Å². The van der Waals surface area contributed by atoms with Crippen LogP contribution in [-0.2, 0) is 0 Å². The predicted molar refractivity (Wildman–Crippen MR) is 69.2 cm³/mol. The van der Waals surface area contributed by atoms with Gasteiger partial charge in [0, 0.05) is 13.1 Å². The lowest BCUT2D eigenvalue weighted by atomic mass is 10.2. The third-order valence-corrected chi connectivity index (χ3v) is 3.05. The van der Waals surface area contributed by atoms with E-state index in [1.54, 1.807) is 0 Å². The summed E-state index contributed by atoms with van der Waals surface area (Å²) in [4.78, 5) is 2.06. The minimum atomic E-state index is 0.873. The standard InChI is InChI=1S/C11H9IN2O/c1-14-9-5-3-2-4-7(9)13-8-6-10(12)15-11(8)14/h2-6,13H,1H3. The SMILES string of the molecule is CN1c2ccccc2Nc2cc(I)oc21. The van der Waals surface area contributed by atoms with Gasteiger partial charge in [0.2, 0.25) is 5.88 Å². The molecule has 0 amide bonds. The monoisotopic (exact) mass is 312 g/mol.